The third kappa shape index (κ3) is 4.65. The topological polar surface area (TPSA) is 64.1 Å². The number of pyridine rings is 2. The minimum absolute atomic E-state index is 0.157. The lowest BCUT2D eigenvalue weighted by Gasteiger charge is -2.10. The highest BCUT2D eigenvalue weighted by Crippen LogP contribution is 2.28. The summed E-state index contributed by atoms with van der Waals surface area (Å²) in [5.41, 5.74) is 0.544. The van der Waals surface area contributed by atoms with Crippen molar-refractivity contribution in [2.45, 2.75) is 0 Å². The normalized spacial score (nSPS) is 10.4. The summed E-state index contributed by atoms with van der Waals surface area (Å²) in [5, 5.41) is 3.19. The predicted octanol–water partition coefficient (Wildman–Crippen LogP) is 4.97. The molecular formula is C17H10Cl2FN3O2. The molecule has 2 heterocycles. The first-order valence-electron chi connectivity index (χ1n) is 7.02. The van der Waals surface area contributed by atoms with Gasteiger partial charge in [-0.1, -0.05) is 29.3 Å². The zero-order valence-electron chi connectivity index (χ0n) is 12.5. The summed E-state index contributed by atoms with van der Waals surface area (Å²) in [6, 6.07) is 10.5. The van der Waals surface area contributed by atoms with Crippen LogP contribution in [0, 0.1) is 5.82 Å². The minimum atomic E-state index is -0.528. The number of benzene rings is 1. The fourth-order valence-corrected chi connectivity index (χ4v) is 2.40. The zero-order chi connectivity index (χ0) is 17.8. The number of anilines is 1. The molecule has 0 atom stereocenters. The van der Waals surface area contributed by atoms with Crippen LogP contribution in [0.3, 0.4) is 0 Å². The number of hydrogen-bond donors (Lipinski definition) is 1. The molecule has 0 radical (unpaired) electrons. The van der Waals surface area contributed by atoms with E-state index in [2.05, 4.69) is 15.3 Å². The summed E-state index contributed by atoms with van der Waals surface area (Å²) in [7, 11) is 0. The van der Waals surface area contributed by atoms with Gasteiger partial charge in [-0.3, -0.25) is 9.78 Å². The van der Waals surface area contributed by atoms with Gasteiger partial charge >= 0.3 is 0 Å². The molecule has 0 fully saturated rings. The molecular weight excluding hydrogens is 368 g/mol. The number of ether oxygens (including phenoxy) is 1. The lowest BCUT2D eigenvalue weighted by atomic mass is 10.2. The Hall–Kier alpha value is -2.70. The maximum Gasteiger partial charge on any atom is 0.274 e. The molecule has 0 aliphatic carbocycles. The quantitative estimate of drug-likeness (QED) is 0.652. The van der Waals surface area contributed by atoms with Crippen molar-refractivity contribution in [1.29, 1.82) is 0 Å². The van der Waals surface area contributed by atoms with Gasteiger partial charge < -0.3 is 10.1 Å². The number of carbonyl (C=O) groups excluding carboxylic acids is 1. The van der Waals surface area contributed by atoms with E-state index < -0.39 is 11.7 Å². The summed E-state index contributed by atoms with van der Waals surface area (Å²) in [6.45, 7) is 0. The van der Waals surface area contributed by atoms with Gasteiger partial charge in [-0.25, -0.2) is 9.37 Å². The molecule has 0 bridgehead atoms. The Morgan fingerprint density at radius 3 is 2.68 bits per heavy atom. The van der Waals surface area contributed by atoms with Gasteiger partial charge in [0.15, 0.2) is 0 Å². The van der Waals surface area contributed by atoms with Crippen LogP contribution in [-0.4, -0.2) is 15.9 Å². The van der Waals surface area contributed by atoms with Crippen LogP contribution in [0.5, 0.6) is 11.5 Å². The molecule has 1 N–H and O–H groups in total. The molecule has 1 amide bonds. The number of hydrogen-bond acceptors (Lipinski definition) is 4. The molecule has 8 heteroatoms. The van der Waals surface area contributed by atoms with Gasteiger partial charge in [0.25, 0.3) is 5.91 Å². The molecule has 3 rings (SSSR count). The Labute approximate surface area is 152 Å². The van der Waals surface area contributed by atoms with E-state index >= 15 is 0 Å². The minimum Gasteiger partial charge on any atom is -0.456 e. The molecule has 0 saturated carbocycles. The molecule has 2 aromatic heterocycles. The zero-order valence-corrected chi connectivity index (χ0v) is 14.1. The van der Waals surface area contributed by atoms with Gasteiger partial charge in [0.2, 0.25) is 0 Å². The van der Waals surface area contributed by atoms with Crippen molar-refractivity contribution in [3.05, 3.63) is 76.5 Å². The molecule has 0 aliphatic heterocycles. The summed E-state index contributed by atoms with van der Waals surface area (Å²) in [6.07, 6.45) is 2.42. The van der Waals surface area contributed by atoms with Crippen LogP contribution in [0.15, 0.2) is 54.9 Å². The average Bonchev–Trinajstić information content (AvgIpc) is 2.54. The van der Waals surface area contributed by atoms with Crippen LogP contribution in [-0.2, 0) is 0 Å². The molecule has 3 aromatic rings. The van der Waals surface area contributed by atoms with E-state index in [4.69, 9.17) is 27.9 Å². The second kappa shape index (κ2) is 7.46. The van der Waals surface area contributed by atoms with E-state index in [1.807, 2.05) is 0 Å². The molecule has 0 saturated heterocycles. The van der Waals surface area contributed by atoms with Crippen molar-refractivity contribution >= 4 is 34.8 Å². The average molecular weight is 378 g/mol. The van der Waals surface area contributed by atoms with E-state index in [0.29, 0.717) is 16.5 Å². The van der Waals surface area contributed by atoms with Crippen molar-refractivity contribution in [2.75, 3.05) is 5.32 Å². The second-order valence-corrected chi connectivity index (χ2v) is 5.74. The largest absolute Gasteiger partial charge is 0.456 e. The van der Waals surface area contributed by atoms with Crippen molar-refractivity contribution in [3.8, 4) is 11.5 Å². The fraction of sp³-hybridized carbons (Fsp3) is 0. The van der Waals surface area contributed by atoms with Crippen LogP contribution in [0.4, 0.5) is 10.1 Å². The van der Waals surface area contributed by atoms with Gasteiger partial charge in [0.05, 0.1) is 12.4 Å². The van der Waals surface area contributed by atoms with Crippen LogP contribution < -0.4 is 10.1 Å². The van der Waals surface area contributed by atoms with E-state index in [0.717, 1.165) is 6.20 Å². The molecule has 1 aromatic carbocycles. The van der Waals surface area contributed by atoms with E-state index in [1.165, 1.54) is 24.4 Å². The standard InChI is InChI=1S/C17H10Cl2FN3O2/c18-10-4-12(22-17(24)15-2-1-3-16(19)23-15)7-13(5-10)25-14-6-11(20)8-21-9-14/h1-9H,(H,22,24). The molecule has 0 unspecified atom stereocenters. The Kier molecular flexibility index (Phi) is 5.11. The Bertz CT molecular complexity index is 937. The Morgan fingerprint density at radius 2 is 1.92 bits per heavy atom. The van der Waals surface area contributed by atoms with Gasteiger partial charge in [-0.05, 0) is 24.3 Å². The Balaban J connectivity index is 1.80. The number of amides is 1. The predicted molar refractivity (Wildman–Crippen MR) is 92.9 cm³/mol. The summed E-state index contributed by atoms with van der Waals surface area (Å²) < 4.78 is 18.7. The number of halogens is 3. The number of nitrogens with one attached hydrogen (secondary N) is 1. The molecule has 0 aliphatic rings. The van der Waals surface area contributed by atoms with Gasteiger partial charge in [0, 0.05) is 22.8 Å². The van der Waals surface area contributed by atoms with Gasteiger partial charge in [-0.15, -0.1) is 0 Å². The van der Waals surface area contributed by atoms with Gasteiger partial charge in [0.1, 0.15) is 28.2 Å². The van der Waals surface area contributed by atoms with Crippen LogP contribution in [0.2, 0.25) is 10.2 Å². The number of carbonyl (C=O) groups is 1. The lowest BCUT2D eigenvalue weighted by molar-refractivity contribution is 0.102. The van der Waals surface area contributed by atoms with Crippen molar-refractivity contribution < 1.29 is 13.9 Å². The molecule has 126 valence electrons. The van der Waals surface area contributed by atoms with E-state index in [1.54, 1.807) is 24.3 Å². The van der Waals surface area contributed by atoms with Crippen molar-refractivity contribution in [1.82, 2.24) is 9.97 Å². The van der Waals surface area contributed by atoms with Gasteiger partial charge in [-0.2, -0.15) is 0 Å². The fourth-order valence-electron chi connectivity index (χ4n) is 2.01. The molecule has 25 heavy (non-hydrogen) atoms. The highest BCUT2D eigenvalue weighted by atomic mass is 35.5. The summed E-state index contributed by atoms with van der Waals surface area (Å²) in [5.74, 6) is -0.464. The van der Waals surface area contributed by atoms with Crippen LogP contribution in [0.25, 0.3) is 0 Å². The summed E-state index contributed by atoms with van der Waals surface area (Å²) in [4.78, 5) is 19.8. The highest BCUT2D eigenvalue weighted by molar-refractivity contribution is 6.31. The number of nitrogens with zero attached hydrogens (tertiary/aromatic N) is 2. The maximum atomic E-state index is 13.2. The lowest BCUT2D eigenvalue weighted by Crippen LogP contribution is -2.13. The smallest absolute Gasteiger partial charge is 0.274 e. The maximum absolute atomic E-state index is 13.2. The second-order valence-electron chi connectivity index (χ2n) is 4.92. The van der Waals surface area contributed by atoms with Crippen LogP contribution >= 0.6 is 23.2 Å². The Morgan fingerprint density at radius 1 is 1.08 bits per heavy atom. The van der Waals surface area contributed by atoms with E-state index in [9.17, 15) is 9.18 Å². The number of rotatable bonds is 4. The third-order valence-corrected chi connectivity index (χ3v) is 3.42. The first-order valence-corrected chi connectivity index (χ1v) is 7.78. The first kappa shape index (κ1) is 17.1. The molecule has 5 nitrogen and oxygen atoms in total. The van der Waals surface area contributed by atoms with Crippen molar-refractivity contribution in [2.24, 2.45) is 0 Å². The molecule has 0 spiro atoms. The highest BCUT2D eigenvalue weighted by Gasteiger charge is 2.10. The SMILES string of the molecule is O=C(Nc1cc(Cl)cc(Oc2cncc(F)c2)c1)c1cccc(Cl)n1. The monoisotopic (exact) mass is 377 g/mol. The van der Waals surface area contributed by atoms with Crippen molar-refractivity contribution in [3.63, 3.8) is 0 Å². The first-order chi connectivity index (χ1) is 12.0. The summed E-state index contributed by atoms with van der Waals surface area (Å²) >= 11 is 11.8. The van der Waals surface area contributed by atoms with Crippen LogP contribution in [0.1, 0.15) is 10.5 Å². The third-order valence-electron chi connectivity index (χ3n) is 2.99. The number of aromatic nitrogens is 2. The van der Waals surface area contributed by atoms with E-state index in [-0.39, 0.29) is 16.6 Å².